The molecule has 1 N–H and O–H groups in total. The first-order valence-electron chi connectivity index (χ1n) is 6.71. The Labute approximate surface area is 109 Å². The monoisotopic (exact) mass is 252 g/mol. The quantitative estimate of drug-likeness (QED) is 0.837. The number of likely N-dealkylation sites (tertiary alicyclic amines) is 1. The Bertz CT molecular complexity index is 308. The molecule has 1 aliphatic rings. The molecule has 1 unspecified atom stereocenters. The molecule has 17 heavy (non-hydrogen) atoms. The zero-order valence-electron chi connectivity index (χ0n) is 11.0. The van der Waals surface area contributed by atoms with Crippen LogP contribution in [0.5, 0.6) is 0 Å². The molecule has 96 valence electrons. The van der Waals surface area contributed by atoms with E-state index in [1.807, 2.05) is 0 Å². The number of hydrogen-bond acceptors (Lipinski definition) is 3. The molecule has 0 amide bonds. The summed E-state index contributed by atoms with van der Waals surface area (Å²) in [6.45, 7) is 9.24. The summed E-state index contributed by atoms with van der Waals surface area (Å²) in [6.07, 6.45) is 2.72. The first-order chi connectivity index (χ1) is 8.25. The molecule has 0 radical (unpaired) electrons. The van der Waals surface area contributed by atoms with E-state index in [9.17, 15) is 0 Å². The van der Waals surface area contributed by atoms with Crippen LogP contribution >= 0.6 is 11.3 Å². The van der Waals surface area contributed by atoms with Gasteiger partial charge in [0.1, 0.15) is 0 Å². The first kappa shape index (κ1) is 13.1. The van der Waals surface area contributed by atoms with Gasteiger partial charge in [0.2, 0.25) is 0 Å². The fraction of sp³-hybridized carbons (Fsp3) is 0.714. The van der Waals surface area contributed by atoms with Crippen molar-refractivity contribution in [3.8, 4) is 0 Å². The highest BCUT2D eigenvalue weighted by Crippen LogP contribution is 2.20. The first-order valence-corrected chi connectivity index (χ1v) is 7.66. The number of hydrogen-bond donors (Lipinski definition) is 1. The fourth-order valence-corrected chi connectivity index (χ4v) is 3.15. The number of thiophene rings is 1. The minimum atomic E-state index is 0.744. The lowest BCUT2D eigenvalue weighted by molar-refractivity contribution is 0.238. The van der Waals surface area contributed by atoms with Crippen LogP contribution in [0.15, 0.2) is 16.8 Å². The average Bonchev–Trinajstić information content (AvgIpc) is 2.91. The van der Waals surface area contributed by atoms with E-state index in [1.165, 1.54) is 24.9 Å². The molecule has 0 aromatic carbocycles. The van der Waals surface area contributed by atoms with Crippen molar-refractivity contribution in [3.05, 3.63) is 22.4 Å². The van der Waals surface area contributed by atoms with Crippen molar-refractivity contribution >= 4 is 11.3 Å². The molecule has 1 aromatic rings. The topological polar surface area (TPSA) is 15.3 Å². The predicted molar refractivity (Wildman–Crippen MR) is 75.5 cm³/mol. The average molecular weight is 252 g/mol. The van der Waals surface area contributed by atoms with Gasteiger partial charge < -0.3 is 5.32 Å². The van der Waals surface area contributed by atoms with Gasteiger partial charge in [-0.1, -0.05) is 13.8 Å². The van der Waals surface area contributed by atoms with E-state index in [4.69, 9.17) is 0 Å². The van der Waals surface area contributed by atoms with Crippen molar-refractivity contribution in [2.75, 3.05) is 19.6 Å². The Kier molecular flexibility index (Phi) is 5.01. The lowest BCUT2D eigenvalue weighted by Gasteiger charge is -2.24. The summed E-state index contributed by atoms with van der Waals surface area (Å²) in [5.41, 5.74) is 1.48. The fourth-order valence-electron chi connectivity index (χ4n) is 2.49. The summed E-state index contributed by atoms with van der Waals surface area (Å²) in [4.78, 5) is 2.63. The van der Waals surface area contributed by atoms with Crippen LogP contribution in [0.2, 0.25) is 0 Å². The minimum absolute atomic E-state index is 0.744. The van der Waals surface area contributed by atoms with Gasteiger partial charge in [-0.25, -0.2) is 0 Å². The molecule has 1 aromatic heterocycles. The molecule has 1 fully saturated rings. The van der Waals surface area contributed by atoms with E-state index in [1.54, 1.807) is 11.3 Å². The van der Waals surface area contributed by atoms with E-state index in [2.05, 4.69) is 40.9 Å². The Hall–Kier alpha value is -0.380. The molecule has 1 atom stereocenters. The molecule has 0 bridgehead atoms. The summed E-state index contributed by atoms with van der Waals surface area (Å²) in [5, 5.41) is 8.05. The zero-order valence-corrected chi connectivity index (χ0v) is 11.8. The van der Waals surface area contributed by atoms with Crippen LogP contribution in [0.3, 0.4) is 0 Å². The highest BCUT2D eigenvalue weighted by Gasteiger charge is 2.23. The van der Waals surface area contributed by atoms with Crippen molar-refractivity contribution in [2.24, 2.45) is 5.92 Å². The van der Waals surface area contributed by atoms with Gasteiger partial charge in [-0.3, -0.25) is 4.90 Å². The van der Waals surface area contributed by atoms with Gasteiger partial charge >= 0.3 is 0 Å². The Morgan fingerprint density at radius 1 is 1.53 bits per heavy atom. The summed E-state index contributed by atoms with van der Waals surface area (Å²) in [5.74, 6) is 0.752. The van der Waals surface area contributed by atoms with Gasteiger partial charge in [0, 0.05) is 19.1 Å². The molecule has 2 heterocycles. The van der Waals surface area contributed by atoms with Gasteiger partial charge in [0.25, 0.3) is 0 Å². The van der Waals surface area contributed by atoms with Gasteiger partial charge in [0.15, 0.2) is 0 Å². The van der Waals surface area contributed by atoms with Gasteiger partial charge in [0.05, 0.1) is 0 Å². The smallest absolute Gasteiger partial charge is 0.0245 e. The van der Waals surface area contributed by atoms with Crippen molar-refractivity contribution in [1.82, 2.24) is 10.2 Å². The SMILES string of the molecule is CC(C)CNCC1CCCN1Cc1ccsc1. The molecule has 0 aliphatic carbocycles. The highest BCUT2D eigenvalue weighted by molar-refractivity contribution is 7.07. The molecule has 2 rings (SSSR count). The van der Waals surface area contributed by atoms with E-state index in [-0.39, 0.29) is 0 Å². The van der Waals surface area contributed by atoms with Crippen LogP contribution < -0.4 is 5.32 Å². The van der Waals surface area contributed by atoms with Crippen LogP contribution in [0.1, 0.15) is 32.3 Å². The molecule has 1 aliphatic heterocycles. The van der Waals surface area contributed by atoms with Crippen LogP contribution in [0.25, 0.3) is 0 Å². The maximum atomic E-state index is 3.60. The maximum Gasteiger partial charge on any atom is 0.0245 e. The van der Waals surface area contributed by atoms with Gasteiger partial charge in [-0.15, -0.1) is 0 Å². The lowest BCUT2D eigenvalue weighted by atomic mass is 10.2. The molecule has 1 saturated heterocycles. The van der Waals surface area contributed by atoms with E-state index in [0.29, 0.717) is 0 Å². The molecule has 3 heteroatoms. The standard InChI is InChI=1S/C14H24N2S/c1-12(2)8-15-9-14-4-3-6-16(14)10-13-5-7-17-11-13/h5,7,11-12,14-15H,3-4,6,8-10H2,1-2H3. The maximum absolute atomic E-state index is 3.60. The van der Waals surface area contributed by atoms with Gasteiger partial charge in [-0.2, -0.15) is 11.3 Å². The molecule has 0 saturated carbocycles. The Morgan fingerprint density at radius 3 is 3.12 bits per heavy atom. The largest absolute Gasteiger partial charge is 0.315 e. The number of rotatable bonds is 6. The molecule has 0 spiro atoms. The summed E-state index contributed by atoms with van der Waals surface area (Å²) in [6, 6.07) is 3.00. The van der Waals surface area contributed by atoms with Crippen LogP contribution in [0.4, 0.5) is 0 Å². The summed E-state index contributed by atoms with van der Waals surface area (Å²) >= 11 is 1.80. The second kappa shape index (κ2) is 6.53. The van der Waals surface area contributed by atoms with Crippen molar-refractivity contribution in [1.29, 1.82) is 0 Å². The van der Waals surface area contributed by atoms with E-state index >= 15 is 0 Å². The number of nitrogens with zero attached hydrogens (tertiary/aromatic N) is 1. The second-order valence-corrected chi connectivity index (χ2v) is 6.23. The predicted octanol–water partition coefficient (Wildman–Crippen LogP) is 2.96. The zero-order chi connectivity index (χ0) is 12.1. The van der Waals surface area contributed by atoms with Crippen LogP contribution in [0, 0.1) is 5.92 Å². The van der Waals surface area contributed by atoms with Crippen molar-refractivity contribution in [2.45, 2.75) is 39.3 Å². The normalized spacial score (nSPS) is 21.5. The summed E-state index contributed by atoms with van der Waals surface area (Å²) in [7, 11) is 0. The lowest BCUT2D eigenvalue weighted by Crippen LogP contribution is -2.38. The van der Waals surface area contributed by atoms with Crippen LogP contribution in [-0.2, 0) is 6.54 Å². The van der Waals surface area contributed by atoms with Crippen LogP contribution in [-0.4, -0.2) is 30.6 Å². The molecule has 2 nitrogen and oxygen atoms in total. The van der Waals surface area contributed by atoms with Crippen molar-refractivity contribution in [3.63, 3.8) is 0 Å². The summed E-state index contributed by atoms with van der Waals surface area (Å²) < 4.78 is 0. The highest BCUT2D eigenvalue weighted by atomic mass is 32.1. The third-order valence-electron chi connectivity index (χ3n) is 3.40. The molecular weight excluding hydrogens is 228 g/mol. The van der Waals surface area contributed by atoms with E-state index < -0.39 is 0 Å². The number of nitrogens with one attached hydrogen (secondary N) is 1. The molecular formula is C14H24N2S. The third kappa shape index (κ3) is 4.09. The third-order valence-corrected chi connectivity index (χ3v) is 4.13. The van der Waals surface area contributed by atoms with E-state index in [0.717, 1.165) is 31.6 Å². The van der Waals surface area contributed by atoms with Gasteiger partial charge in [-0.05, 0) is 54.2 Å². The Balaban J connectivity index is 1.76. The Morgan fingerprint density at radius 2 is 2.41 bits per heavy atom. The second-order valence-electron chi connectivity index (χ2n) is 5.45. The minimum Gasteiger partial charge on any atom is -0.315 e. The van der Waals surface area contributed by atoms with Crippen molar-refractivity contribution < 1.29 is 0 Å².